The van der Waals surface area contributed by atoms with Crippen LogP contribution in [0.4, 0.5) is 0 Å². The first-order valence-electron chi connectivity index (χ1n) is 5.41. The molecule has 1 atom stereocenters. The number of ether oxygens (including phenoxy) is 1. The minimum Gasteiger partial charge on any atom is -0.488 e. The first-order valence-corrected chi connectivity index (χ1v) is 6.20. The average molecular weight is 284 g/mol. The Hall–Kier alpha value is -0.800. The fourth-order valence-corrected chi connectivity index (χ4v) is 1.93. The molecule has 1 unspecified atom stereocenters. The Morgan fingerprint density at radius 3 is 2.81 bits per heavy atom. The van der Waals surface area contributed by atoms with Crippen molar-refractivity contribution in [3.05, 3.63) is 40.4 Å². The standard InChI is InChI=1S/C13H18BrNO/c1-3-4-7-16-13-6-5-11(8-10(2)15)9-12(13)14/h3-6,9-10H,7-8,15H2,1-2H3. The summed E-state index contributed by atoms with van der Waals surface area (Å²) in [6.07, 6.45) is 4.83. The lowest BCUT2D eigenvalue weighted by Crippen LogP contribution is -2.17. The van der Waals surface area contributed by atoms with Gasteiger partial charge in [-0.3, -0.25) is 0 Å². The van der Waals surface area contributed by atoms with Crippen LogP contribution in [0.3, 0.4) is 0 Å². The number of hydrogen-bond donors (Lipinski definition) is 1. The number of benzene rings is 1. The smallest absolute Gasteiger partial charge is 0.133 e. The summed E-state index contributed by atoms with van der Waals surface area (Å²) in [6.45, 7) is 4.58. The highest BCUT2D eigenvalue weighted by atomic mass is 79.9. The molecule has 0 bridgehead atoms. The monoisotopic (exact) mass is 283 g/mol. The van der Waals surface area contributed by atoms with E-state index in [9.17, 15) is 0 Å². The molecule has 0 saturated heterocycles. The van der Waals surface area contributed by atoms with Gasteiger partial charge in [0.15, 0.2) is 0 Å². The molecule has 88 valence electrons. The lowest BCUT2D eigenvalue weighted by atomic mass is 10.1. The number of rotatable bonds is 5. The van der Waals surface area contributed by atoms with Gasteiger partial charge >= 0.3 is 0 Å². The second-order valence-corrected chi connectivity index (χ2v) is 4.68. The van der Waals surface area contributed by atoms with Crippen LogP contribution in [-0.4, -0.2) is 12.6 Å². The minimum absolute atomic E-state index is 0.182. The van der Waals surface area contributed by atoms with E-state index >= 15 is 0 Å². The SMILES string of the molecule is CC=CCOc1ccc(CC(C)N)cc1Br. The summed E-state index contributed by atoms with van der Waals surface area (Å²) in [5, 5.41) is 0. The molecule has 3 heteroatoms. The number of allylic oxidation sites excluding steroid dienone is 1. The van der Waals surface area contributed by atoms with Gasteiger partial charge in [-0.05, 0) is 53.9 Å². The van der Waals surface area contributed by atoms with Crippen LogP contribution in [0.2, 0.25) is 0 Å². The highest BCUT2D eigenvalue weighted by Crippen LogP contribution is 2.26. The van der Waals surface area contributed by atoms with Crippen LogP contribution in [0.15, 0.2) is 34.8 Å². The minimum atomic E-state index is 0.182. The number of hydrogen-bond acceptors (Lipinski definition) is 2. The Labute approximate surface area is 106 Å². The molecule has 0 fully saturated rings. The van der Waals surface area contributed by atoms with E-state index in [1.54, 1.807) is 0 Å². The largest absolute Gasteiger partial charge is 0.488 e. The lowest BCUT2D eigenvalue weighted by molar-refractivity contribution is 0.360. The van der Waals surface area contributed by atoms with E-state index in [4.69, 9.17) is 10.5 Å². The van der Waals surface area contributed by atoms with E-state index in [1.807, 2.05) is 32.1 Å². The van der Waals surface area contributed by atoms with Gasteiger partial charge in [-0.15, -0.1) is 0 Å². The first-order chi connectivity index (χ1) is 7.63. The van der Waals surface area contributed by atoms with Crippen LogP contribution in [0, 0.1) is 0 Å². The van der Waals surface area contributed by atoms with Gasteiger partial charge in [-0.2, -0.15) is 0 Å². The van der Waals surface area contributed by atoms with Gasteiger partial charge < -0.3 is 10.5 Å². The van der Waals surface area contributed by atoms with Gasteiger partial charge in [0.1, 0.15) is 12.4 Å². The summed E-state index contributed by atoms with van der Waals surface area (Å²) in [5.74, 6) is 0.867. The summed E-state index contributed by atoms with van der Waals surface area (Å²) in [5.41, 5.74) is 6.98. The van der Waals surface area contributed by atoms with Gasteiger partial charge in [0.25, 0.3) is 0 Å². The highest BCUT2D eigenvalue weighted by molar-refractivity contribution is 9.10. The molecule has 1 aromatic carbocycles. The summed E-state index contributed by atoms with van der Waals surface area (Å²) < 4.78 is 6.55. The molecule has 0 aliphatic rings. The summed E-state index contributed by atoms with van der Waals surface area (Å²) in [4.78, 5) is 0. The van der Waals surface area contributed by atoms with Crippen LogP contribution in [0.25, 0.3) is 0 Å². The van der Waals surface area contributed by atoms with E-state index in [2.05, 4.69) is 28.1 Å². The lowest BCUT2D eigenvalue weighted by Gasteiger charge is -2.09. The van der Waals surface area contributed by atoms with Crippen molar-refractivity contribution in [3.63, 3.8) is 0 Å². The first kappa shape index (κ1) is 13.3. The van der Waals surface area contributed by atoms with Crippen molar-refractivity contribution in [1.82, 2.24) is 0 Å². The Morgan fingerprint density at radius 1 is 1.50 bits per heavy atom. The predicted octanol–water partition coefficient (Wildman–Crippen LogP) is 3.29. The third-order valence-electron chi connectivity index (χ3n) is 2.12. The third-order valence-corrected chi connectivity index (χ3v) is 2.74. The summed E-state index contributed by atoms with van der Waals surface area (Å²) in [7, 11) is 0. The second-order valence-electron chi connectivity index (χ2n) is 3.83. The topological polar surface area (TPSA) is 35.2 Å². The molecule has 1 aromatic rings. The van der Waals surface area contributed by atoms with Crippen molar-refractivity contribution in [3.8, 4) is 5.75 Å². The molecule has 0 amide bonds. The molecular formula is C13H18BrNO. The van der Waals surface area contributed by atoms with E-state index in [0.29, 0.717) is 6.61 Å². The Morgan fingerprint density at radius 2 is 2.25 bits per heavy atom. The van der Waals surface area contributed by atoms with Gasteiger partial charge in [0.05, 0.1) is 4.47 Å². The maximum absolute atomic E-state index is 5.76. The molecule has 1 rings (SSSR count). The molecule has 0 aliphatic carbocycles. The highest BCUT2D eigenvalue weighted by Gasteiger charge is 2.03. The quantitative estimate of drug-likeness (QED) is 0.842. The average Bonchev–Trinajstić information content (AvgIpc) is 2.20. The number of nitrogens with two attached hydrogens (primary N) is 1. The van der Waals surface area contributed by atoms with Gasteiger partial charge in [-0.25, -0.2) is 0 Å². The van der Waals surface area contributed by atoms with Crippen molar-refractivity contribution in [1.29, 1.82) is 0 Å². The van der Waals surface area contributed by atoms with Gasteiger partial charge in [-0.1, -0.05) is 18.2 Å². The molecule has 2 N–H and O–H groups in total. The fraction of sp³-hybridized carbons (Fsp3) is 0.385. The van der Waals surface area contributed by atoms with E-state index in [0.717, 1.165) is 16.6 Å². The summed E-state index contributed by atoms with van der Waals surface area (Å²) in [6, 6.07) is 6.28. The molecule has 0 spiro atoms. The zero-order chi connectivity index (χ0) is 12.0. The van der Waals surface area contributed by atoms with Crippen LogP contribution < -0.4 is 10.5 Å². The molecule has 0 aromatic heterocycles. The van der Waals surface area contributed by atoms with Gasteiger partial charge in [0, 0.05) is 6.04 Å². The summed E-state index contributed by atoms with van der Waals surface area (Å²) >= 11 is 3.50. The Bertz CT molecular complexity index is 361. The molecule has 0 heterocycles. The maximum Gasteiger partial charge on any atom is 0.133 e. The number of halogens is 1. The van der Waals surface area contributed by atoms with Crippen molar-refractivity contribution >= 4 is 15.9 Å². The molecular weight excluding hydrogens is 266 g/mol. The molecule has 0 aliphatic heterocycles. The van der Waals surface area contributed by atoms with E-state index < -0.39 is 0 Å². The van der Waals surface area contributed by atoms with E-state index in [-0.39, 0.29) is 6.04 Å². The second kappa shape index (κ2) is 6.71. The molecule has 16 heavy (non-hydrogen) atoms. The zero-order valence-corrected chi connectivity index (χ0v) is 11.3. The van der Waals surface area contributed by atoms with Crippen LogP contribution in [0.5, 0.6) is 5.75 Å². The fourth-order valence-electron chi connectivity index (χ4n) is 1.39. The van der Waals surface area contributed by atoms with Gasteiger partial charge in [0.2, 0.25) is 0 Å². The third kappa shape index (κ3) is 4.37. The van der Waals surface area contributed by atoms with Crippen LogP contribution in [-0.2, 0) is 6.42 Å². The van der Waals surface area contributed by atoms with Crippen molar-refractivity contribution in [2.45, 2.75) is 26.3 Å². The Balaban J connectivity index is 2.67. The zero-order valence-electron chi connectivity index (χ0n) is 9.74. The van der Waals surface area contributed by atoms with Crippen molar-refractivity contribution in [2.75, 3.05) is 6.61 Å². The van der Waals surface area contributed by atoms with E-state index in [1.165, 1.54) is 5.56 Å². The maximum atomic E-state index is 5.76. The van der Waals surface area contributed by atoms with Crippen LogP contribution in [0.1, 0.15) is 19.4 Å². The van der Waals surface area contributed by atoms with Crippen molar-refractivity contribution in [2.24, 2.45) is 5.73 Å². The molecule has 2 nitrogen and oxygen atoms in total. The normalized spacial score (nSPS) is 13.0. The van der Waals surface area contributed by atoms with Crippen molar-refractivity contribution < 1.29 is 4.74 Å². The van der Waals surface area contributed by atoms with Crippen LogP contribution >= 0.6 is 15.9 Å². The predicted molar refractivity (Wildman–Crippen MR) is 71.8 cm³/mol. The molecule has 0 radical (unpaired) electrons. The Kier molecular flexibility index (Phi) is 5.56. The molecule has 0 saturated carbocycles.